The third-order valence-electron chi connectivity index (χ3n) is 4.20. The van der Waals surface area contributed by atoms with E-state index in [9.17, 15) is 24.3 Å². The van der Waals surface area contributed by atoms with E-state index in [4.69, 9.17) is 16.6 Å². The van der Waals surface area contributed by atoms with Crippen LogP contribution in [0.5, 0.6) is 0 Å². The second-order valence-corrected chi connectivity index (χ2v) is 6.26. The predicted molar refractivity (Wildman–Crippen MR) is 105 cm³/mol. The smallest absolute Gasteiger partial charge is 0.314 e. The van der Waals surface area contributed by atoms with Crippen molar-refractivity contribution in [3.05, 3.63) is 45.7 Å². The summed E-state index contributed by atoms with van der Waals surface area (Å²) in [5, 5.41) is 20.9. The van der Waals surface area contributed by atoms with Crippen LogP contribution in [0.3, 0.4) is 0 Å². The number of benzene rings is 1. The summed E-state index contributed by atoms with van der Waals surface area (Å²) in [6.07, 6.45) is -0.412. The van der Waals surface area contributed by atoms with Gasteiger partial charge in [-0.3, -0.25) is 24.2 Å². The van der Waals surface area contributed by atoms with Crippen molar-refractivity contribution in [1.82, 2.24) is 9.97 Å². The number of anilines is 3. The molecule has 0 saturated heterocycles. The first-order valence-electron chi connectivity index (χ1n) is 8.66. The Labute approximate surface area is 164 Å². The van der Waals surface area contributed by atoms with Gasteiger partial charge in [-0.25, -0.2) is 0 Å². The molecule has 2 rings (SSSR count). The number of carbonyl (C=O) groups excluding carboxylic acids is 1. The number of nitrogen functional groups attached to an aromatic ring is 2. The van der Waals surface area contributed by atoms with Crippen LogP contribution in [-0.4, -0.2) is 44.4 Å². The van der Waals surface area contributed by atoms with Gasteiger partial charge in [0.25, 0.3) is 5.56 Å². The number of ketones is 1. The first kappa shape index (κ1) is 21.4. The minimum atomic E-state index is -1.42. The lowest BCUT2D eigenvalue weighted by atomic mass is 9.93. The molecule has 0 aliphatic carbocycles. The molecule has 8 N–H and O–H groups in total. The third-order valence-corrected chi connectivity index (χ3v) is 4.20. The molecule has 2 aromatic rings. The fourth-order valence-corrected chi connectivity index (χ4v) is 2.69. The molecule has 1 aromatic heterocycles. The molecule has 1 atom stereocenters. The average Bonchev–Trinajstić information content (AvgIpc) is 2.63. The van der Waals surface area contributed by atoms with E-state index in [1.165, 1.54) is 12.1 Å². The molecule has 0 spiro atoms. The maximum Gasteiger partial charge on any atom is 0.314 e. The van der Waals surface area contributed by atoms with E-state index < -0.39 is 35.6 Å². The van der Waals surface area contributed by atoms with Crippen LogP contribution < -0.4 is 22.3 Å². The molecular formula is C18H21N5O6. The largest absolute Gasteiger partial charge is 0.481 e. The Morgan fingerprint density at radius 3 is 2.34 bits per heavy atom. The fraction of sp³-hybridized carbons (Fsp3) is 0.278. The van der Waals surface area contributed by atoms with Crippen LogP contribution in [0, 0.1) is 5.92 Å². The fourth-order valence-electron chi connectivity index (χ4n) is 2.69. The molecule has 0 fully saturated rings. The van der Waals surface area contributed by atoms with Crippen LogP contribution in [0.4, 0.5) is 17.5 Å². The van der Waals surface area contributed by atoms with Gasteiger partial charge in [0.2, 0.25) is 5.95 Å². The Bertz CT molecular complexity index is 970. The molecule has 0 bridgehead atoms. The van der Waals surface area contributed by atoms with Crippen LogP contribution in [0.2, 0.25) is 0 Å². The number of H-pyrrole nitrogens is 1. The number of nitrogens with two attached hydrogens (primary N) is 2. The van der Waals surface area contributed by atoms with Crippen molar-refractivity contribution in [2.75, 3.05) is 23.3 Å². The molecule has 0 saturated carbocycles. The van der Waals surface area contributed by atoms with Gasteiger partial charge in [-0.15, -0.1) is 0 Å². The number of carboxylic acids is 2. The Kier molecular flexibility index (Phi) is 6.90. The molecule has 1 heterocycles. The third kappa shape index (κ3) is 5.79. The highest BCUT2D eigenvalue weighted by Gasteiger charge is 2.27. The van der Waals surface area contributed by atoms with Gasteiger partial charge in [-0.1, -0.05) is 0 Å². The number of hydrogen-bond acceptors (Lipinski definition) is 8. The highest BCUT2D eigenvalue weighted by Crippen LogP contribution is 2.18. The number of carboxylic acid groups (broad SMARTS) is 2. The number of hydrogen-bond donors (Lipinski definition) is 6. The van der Waals surface area contributed by atoms with E-state index in [-0.39, 0.29) is 30.2 Å². The molecule has 0 radical (unpaired) electrons. The summed E-state index contributed by atoms with van der Waals surface area (Å²) in [5.74, 6) is -4.62. The van der Waals surface area contributed by atoms with E-state index in [2.05, 4.69) is 15.3 Å². The van der Waals surface area contributed by atoms with Crippen molar-refractivity contribution in [3.8, 4) is 0 Å². The molecule has 11 heteroatoms. The lowest BCUT2D eigenvalue weighted by Crippen LogP contribution is -2.24. The summed E-state index contributed by atoms with van der Waals surface area (Å²) in [4.78, 5) is 52.3. The van der Waals surface area contributed by atoms with Crippen LogP contribution in [0.15, 0.2) is 29.1 Å². The van der Waals surface area contributed by atoms with Crippen LogP contribution >= 0.6 is 0 Å². The summed E-state index contributed by atoms with van der Waals surface area (Å²) < 4.78 is 0. The summed E-state index contributed by atoms with van der Waals surface area (Å²) in [5.41, 5.74) is 11.8. The topological polar surface area (TPSA) is 201 Å². The van der Waals surface area contributed by atoms with Gasteiger partial charge in [-0.2, -0.15) is 4.98 Å². The first-order valence-corrected chi connectivity index (χ1v) is 8.66. The first-order chi connectivity index (χ1) is 13.7. The highest BCUT2D eigenvalue weighted by molar-refractivity contribution is 6.08. The van der Waals surface area contributed by atoms with Crippen LogP contribution in [0.1, 0.15) is 28.8 Å². The molecule has 11 nitrogen and oxygen atoms in total. The SMILES string of the molecule is Nc1nc(N)c(CCNc2ccc(C(=O)C(CCC(=O)O)C(=O)O)cc2)c(=O)[nH]1. The molecule has 1 unspecified atom stereocenters. The van der Waals surface area contributed by atoms with Crippen LogP contribution in [-0.2, 0) is 16.0 Å². The highest BCUT2D eigenvalue weighted by atomic mass is 16.4. The number of rotatable bonds is 10. The average molecular weight is 403 g/mol. The molecule has 1 aromatic carbocycles. The second kappa shape index (κ2) is 9.35. The van der Waals surface area contributed by atoms with Gasteiger partial charge >= 0.3 is 11.9 Å². The number of carbonyl (C=O) groups is 3. The monoisotopic (exact) mass is 403 g/mol. The van der Waals surface area contributed by atoms with E-state index >= 15 is 0 Å². The Balaban J connectivity index is 1.99. The van der Waals surface area contributed by atoms with E-state index in [0.29, 0.717) is 17.8 Å². The Hall–Kier alpha value is -3.89. The predicted octanol–water partition coefficient (Wildman–Crippen LogP) is 0.337. The maximum absolute atomic E-state index is 12.3. The zero-order chi connectivity index (χ0) is 21.6. The number of nitrogens with zero attached hydrogens (tertiary/aromatic N) is 1. The summed E-state index contributed by atoms with van der Waals surface area (Å²) in [6, 6.07) is 6.07. The van der Waals surface area contributed by atoms with Gasteiger partial charge in [-0.05, 0) is 37.1 Å². The minimum Gasteiger partial charge on any atom is -0.481 e. The molecule has 0 amide bonds. The number of nitrogens with one attached hydrogen (secondary N) is 2. The molecule has 154 valence electrons. The quantitative estimate of drug-likeness (QED) is 0.237. The number of aliphatic carboxylic acids is 2. The van der Waals surface area contributed by atoms with Gasteiger partial charge in [0.1, 0.15) is 11.7 Å². The van der Waals surface area contributed by atoms with Crippen molar-refractivity contribution in [3.63, 3.8) is 0 Å². The van der Waals surface area contributed by atoms with Crippen molar-refractivity contribution in [2.24, 2.45) is 5.92 Å². The zero-order valence-corrected chi connectivity index (χ0v) is 15.3. The second-order valence-electron chi connectivity index (χ2n) is 6.26. The van der Waals surface area contributed by atoms with Crippen molar-refractivity contribution in [2.45, 2.75) is 19.3 Å². The Morgan fingerprint density at radius 2 is 1.79 bits per heavy atom. The lowest BCUT2D eigenvalue weighted by Gasteiger charge is -2.11. The lowest BCUT2D eigenvalue weighted by molar-refractivity contribution is -0.141. The van der Waals surface area contributed by atoms with Crippen LogP contribution in [0.25, 0.3) is 0 Å². The minimum absolute atomic E-state index is 0.0510. The van der Waals surface area contributed by atoms with Gasteiger partial charge < -0.3 is 27.0 Å². The number of aromatic amines is 1. The summed E-state index contributed by atoms with van der Waals surface area (Å²) in [6.45, 7) is 0.350. The summed E-state index contributed by atoms with van der Waals surface area (Å²) >= 11 is 0. The van der Waals surface area contributed by atoms with Crippen molar-refractivity contribution < 1.29 is 24.6 Å². The van der Waals surface area contributed by atoms with E-state index in [0.717, 1.165) is 0 Å². The molecule has 29 heavy (non-hydrogen) atoms. The number of aromatic nitrogens is 2. The standard InChI is InChI=1S/C18H21N5O6/c19-15-12(16(27)23-18(20)22-15)7-8-21-10-3-1-9(2-4-10)14(26)11(17(28)29)5-6-13(24)25/h1-4,11,21H,5-8H2,(H,24,25)(H,28,29)(H5,19,20,22,23,27). The molecule has 0 aliphatic rings. The van der Waals surface area contributed by atoms with Gasteiger partial charge in [0.05, 0.1) is 5.56 Å². The number of Topliss-reactive ketones (excluding diaryl/α,β-unsaturated/α-hetero) is 1. The van der Waals surface area contributed by atoms with Crippen molar-refractivity contribution >= 4 is 35.2 Å². The van der Waals surface area contributed by atoms with E-state index in [1.54, 1.807) is 12.1 Å². The molecular weight excluding hydrogens is 382 g/mol. The van der Waals surface area contributed by atoms with Gasteiger partial charge in [0, 0.05) is 24.2 Å². The molecule has 0 aliphatic heterocycles. The van der Waals surface area contributed by atoms with Gasteiger partial charge in [0.15, 0.2) is 5.78 Å². The van der Waals surface area contributed by atoms with Crippen molar-refractivity contribution in [1.29, 1.82) is 0 Å². The normalized spacial score (nSPS) is 11.6. The van der Waals surface area contributed by atoms with E-state index in [1.807, 2.05) is 0 Å². The zero-order valence-electron chi connectivity index (χ0n) is 15.3. The maximum atomic E-state index is 12.3. The summed E-state index contributed by atoms with van der Waals surface area (Å²) in [7, 11) is 0. The Morgan fingerprint density at radius 1 is 1.14 bits per heavy atom.